The summed E-state index contributed by atoms with van der Waals surface area (Å²) in [5.74, 6) is 0.421. The second-order valence-electron chi connectivity index (χ2n) is 5.65. The number of carbonyl (C=O) groups excluding carboxylic acids is 1. The fourth-order valence-corrected chi connectivity index (χ4v) is 4.56. The van der Waals surface area contributed by atoms with Crippen LogP contribution < -0.4 is 5.73 Å². The van der Waals surface area contributed by atoms with E-state index in [2.05, 4.69) is 10.2 Å². The molecule has 9 heteroatoms. The number of aliphatic hydroxyl groups is 1. The molecule has 1 amide bonds. The minimum atomic E-state index is -0.435. The number of nitrogens with zero attached hydrogens (tertiary/aromatic N) is 3. The van der Waals surface area contributed by atoms with Gasteiger partial charge in [0, 0.05) is 19.7 Å². The average molecular weight is 344 g/mol. The van der Waals surface area contributed by atoms with Gasteiger partial charge in [-0.05, 0) is 25.7 Å². The molecule has 7 nitrogen and oxygen atoms in total. The highest BCUT2D eigenvalue weighted by atomic mass is 32.2. The maximum absolute atomic E-state index is 12.3. The van der Waals surface area contributed by atoms with Crippen molar-refractivity contribution in [2.75, 3.05) is 31.2 Å². The van der Waals surface area contributed by atoms with Crippen LogP contribution in [0.2, 0.25) is 0 Å². The second kappa shape index (κ2) is 6.69. The normalized spacial score (nSPS) is 24.6. The molecule has 22 heavy (non-hydrogen) atoms. The summed E-state index contributed by atoms with van der Waals surface area (Å²) in [5, 5.41) is 18.2. The number of nitrogens with two attached hydrogens (primary N) is 1. The summed E-state index contributed by atoms with van der Waals surface area (Å²) in [6.07, 6.45) is 2.71. The van der Waals surface area contributed by atoms with Gasteiger partial charge in [0.05, 0.1) is 17.5 Å². The Labute approximate surface area is 137 Å². The van der Waals surface area contributed by atoms with Gasteiger partial charge in [0.25, 0.3) is 0 Å². The summed E-state index contributed by atoms with van der Waals surface area (Å²) in [7, 11) is 0. The highest BCUT2D eigenvalue weighted by Crippen LogP contribution is 2.35. The predicted octanol–water partition coefficient (Wildman–Crippen LogP) is 0.745. The smallest absolute Gasteiger partial charge is 0.233 e. The Morgan fingerprint density at radius 1 is 1.50 bits per heavy atom. The number of anilines is 1. The molecule has 0 radical (unpaired) electrons. The van der Waals surface area contributed by atoms with Gasteiger partial charge in [-0.2, -0.15) is 0 Å². The van der Waals surface area contributed by atoms with Gasteiger partial charge in [0.1, 0.15) is 0 Å². The molecule has 3 rings (SSSR count). The van der Waals surface area contributed by atoms with Gasteiger partial charge in [0.15, 0.2) is 4.34 Å². The van der Waals surface area contributed by atoms with E-state index in [1.165, 1.54) is 23.1 Å². The zero-order chi connectivity index (χ0) is 15.6. The lowest BCUT2D eigenvalue weighted by Gasteiger charge is -2.46. The Bertz CT molecular complexity index is 531. The lowest BCUT2D eigenvalue weighted by molar-refractivity contribution is -0.179. The molecule has 1 atom stereocenters. The lowest BCUT2D eigenvalue weighted by Crippen LogP contribution is -2.56. The van der Waals surface area contributed by atoms with Crippen LogP contribution in [-0.4, -0.2) is 63.3 Å². The van der Waals surface area contributed by atoms with Crippen LogP contribution in [0, 0.1) is 0 Å². The molecule has 0 saturated carbocycles. The molecule has 0 aromatic carbocycles. The third-order valence-electron chi connectivity index (χ3n) is 4.32. The Hall–Kier alpha value is -0.900. The molecular formula is C13H20N4O3S2. The van der Waals surface area contributed by atoms with Crippen LogP contribution in [0.25, 0.3) is 0 Å². The maximum Gasteiger partial charge on any atom is 0.233 e. The van der Waals surface area contributed by atoms with E-state index in [4.69, 9.17) is 10.5 Å². The molecule has 0 unspecified atom stereocenters. The minimum Gasteiger partial charge on any atom is -0.390 e. The van der Waals surface area contributed by atoms with Gasteiger partial charge < -0.3 is 20.5 Å². The van der Waals surface area contributed by atoms with Gasteiger partial charge in [-0.25, -0.2) is 0 Å². The second-order valence-corrected chi connectivity index (χ2v) is 7.88. The maximum atomic E-state index is 12.3. The Balaban J connectivity index is 1.49. The van der Waals surface area contributed by atoms with Crippen molar-refractivity contribution < 1.29 is 14.6 Å². The highest BCUT2D eigenvalue weighted by Gasteiger charge is 2.44. The fraction of sp³-hybridized carbons (Fsp3) is 0.769. The number of ether oxygens (including phenoxy) is 1. The van der Waals surface area contributed by atoms with Crippen LogP contribution >= 0.6 is 23.1 Å². The SMILES string of the molecule is Nc1nnc(SCC(=O)N2CCC3(CC2)OCCC[C@H]3O)s1. The van der Waals surface area contributed by atoms with Crippen LogP contribution in [0.4, 0.5) is 5.13 Å². The topological polar surface area (TPSA) is 102 Å². The van der Waals surface area contributed by atoms with Gasteiger partial charge in [-0.1, -0.05) is 23.1 Å². The van der Waals surface area contributed by atoms with E-state index in [0.29, 0.717) is 47.8 Å². The van der Waals surface area contributed by atoms with Gasteiger partial charge in [-0.15, -0.1) is 10.2 Å². The summed E-state index contributed by atoms with van der Waals surface area (Å²) < 4.78 is 6.57. The van der Waals surface area contributed by atoms with Crippen LogP contribution in [-0.2, 0) is 9.53 Å². The first kappa shape index (κ1) is 16.0. The first-order valence-corrected chi connectivity index (χ1v) is 9.21. The van der Waals surface area contributed by atoms with Crippen LogP contribution in [0.5, 0.6) is 0 Å². The molecule has 1 spiro atoms. The lowest BCUT2D eigenvalue weighted by atomic mass is 9.82. The first-order valence-electron chi connectivity index (χ1n) is 7.41. The molecule has 3 N–H and O–H groups in total. The number of carbonyl (C=O) groups is 1. The quantitative estimate of drug-likeness (QED) is 0.780. The number of nitrogen functional groups attached to an aromatic ring is 1. The van der Waals surface area contributed by atoms with E-state index in [1.54, 1.807) is 0 Å². The van der Waals surface area contributed by atoms with E-state index in [0.717, 1.165) is 12.8 Å². The van der Waals surface area contributed by atoms with Crippen molar-refractivity contribution in [1.82, 2.24) is 15.1 Å². The molecule has 0 bridgehead atoms. The average Bonchev–Trinajstić information content (AvgIpc) is 2.94. The van der Waals surface area contributed by atoms with Crippen molar-refractivity contribution >= 4 is 34.1 Å². The number of hydrogen-bond donors (Lipinski definition) is 2. The zero-order valence-corrected chi connectivity index (χ0v) is 13.9. The van der Waals surface area contributed by atoms with Crippen LogP contribution in [0.3, 0.4) is 0 Å². The van der Waals surface area contributed by atoms with Crippen molar-refractivity contribution in [1.29, 1.82) is 0 Å². The Morgan fingerprint density at radius 3 is 2.91 bits per heavy atom. The van der Waals surface area contributed by atoms with Crippen molar-refractivity contribution in [3.05, 3.63) is 0 Å². The molecule has 1 aromatic rings. The highest BCUT2D eigenvalue weighted by molar-refractivity contribution is 8.01. The Kier molecular flexibility index (Phi) is 4.86. The number of likely N-dealkylation sites (tertiary alicyclic amines) is 1. The van der Waals surface area contributed by atoms with Crippen molar-refractivity contribution in [2.24, 2.45) is 0 Å². The van der Waals surface area contributed by atoms with E-state index in [9.17, 15) is 9.90 Å². The summed E-state index contributed by atoms with van der Waals surface area (Å²) in [6.45, 7) is 1.97. The molecular weight excluding hydrogens is 324 g/mol. The number of rotatable bonds is 3. The number of thioether (sulfide) groups is 1. The van der Waals surface area contributed by atoms with Crippen molar-refractivity contribution in [3.63, 3.8) is 0 Å². The molecule has 2 aliphatic rings. The fourth-order valence-electron chi connectivity index (χ4n) is 3.02. The molecule has 0 aliphatic carbocycles. The zero-order valence-electron chi connectivity index (χ0n) is 12.2. The number of aromatic nitrogens is 2. The van der Waals surface area contributed by atoms with E-state index >= 15 is 0 Å². The summed E-state index contributed by atoms with van der Waals surface area (Å²) in [4.78, 5) is 14.1. The number of piperidine rings is 1. The monoisotopic (exact) mass is 344 g/mol. The van der Waals surface area contributed by atoms with Crippen molar-refractivity contribution in [2.45, 2.75) is 41.7 Å². The summed E-state index contributed by atoms with van der Waals surface area (Å²) >= 11 is 2.65. The van der Waals surface area contributed by atoms with E-state index in [1.807, 2.05) is 4.90 Å². The molecule has 122 valence electrons. The Morgan fingerprint density at radius 2 is 2.27 bits per heavy atom. The number of aliphatic hydroxyl groups excluding tert-OH is 1. The van der Waals surface area contributed by atoms with Crippen LogP contribution in [0.15, 0.2) is 4.34 Å². The summed E-state index contributed by atoms with van der Waals surface area (Å²) in [5.41, 5.74) is 5.08. The minimum absolute atomic E-state index is 0.0823. The molecule has 2 saturated heterocycles. The molecule has 2 aliphatic heterocycles. The third kappa shape index (κ3) is 3.37. The third-order valence-corrected chi connectivity index (χ3v) is 6.19. The number of amides is 1. The van der Waals surface area contributed by atoms with E-state index < -0.39 is 11.7 Å². The largest absolute Gasteiger partial charge is 0.390 e. The standard InChI is InChI=1S/C13H20N4O3S2/c14-11-15-16-12(22-11)21-8-10(19)17-5-3-13(4-6-17)9(18)2-1-7-20-13/h9,18H,1-8H2,(H2,14,15)/t9-/m1/s1. The van der Waals surface area contributed by atoms with Gasteiger partial charge in [-0.3, -0.25) is 4.79 Å². The molecule has 1 aromatic heterocycles. The van der Waals surface area contributed by atoms with E-state index in [-0.39, 0.29) is 5.91 Å². The molecule has 3 heterocycles. The van der Waals surface area contributed by atoms with Gasteiger partial charge in [0.2, 0.25) is 11.0 Å². The predicted molar refractivity (Wildman–Crippen MR) is 84.8 cm³/mol. The molecule has 2 fully saturated rings. The summed E-state index contributed by atoms with van der Waals surface area (Å²) in [6, 6.07) is 0. The van der Waals surface area contributed by atoms with Crippen LogP contribution in [0.1, 0.15) is 25.7 Å². The van der Waals surface area contributed by atoms with Crippen molar-refractivity contribution in [3.8, 4) is 0 Å². The number of hydrogen-bond acceptors (Lipinski definition) is 8. The first-order chi connectivity index (χ1) is 10.6. The van der Waals surface area contributed by atoms with Gasteiger partial charge >= 0.3 is 0 Å².